The molecule has 1 aliphatic rings. The van der Waals surface area contributed by atoms with E-state index in [2.05, 4.69) is 10.1 Å². The van der Waals surface area contributed by atoms with E-state index in [1.165, 1.54) is 12.8 Å². The molecular formula is C15H19N3O2. The Labute approximate surface area is 117 Å². The molecule has 0 aromatic carbocycles. The minimum atomic E-state index is -0.912. The van der Waals surface area contributed by atoms with Crippen LogP contribution in [0.1, 0.15) is 67.5 Å². The summed E-state index contributed by atoms with van der Waals surface area (Å²) >= 11 is 0. The third kappa shape index (κ3) is 2.07. The first-order valence-electron chi connectivity index (χ1n) is 7.19. The number of fused-ring (bicyclic) bond motifs is 1. The van der Waals surface area contributed by atoms with Gasteiger partial charge in [-0.05, 0) is 24.8 Å². The molecule has 1 N–H and O–H groups in total. The summed E-state index contributed by atoms with van der Waals surface area (Å²) in [5, 5.41) is 14.5. The molecule has 1 fully saturated rings. The molecule has 0 amide bonds. The molecule has 0 unspecified atom stereocenters. The topological polar surface area (TPSA) is 68.0 Å². The lowest BCUT2D eigenvalue weighted by atomic mass is 10.1. The molecule has 0 aliphatic heterocycles. The van der Waals surface area contributed by atoms with E-state index < -0.39 is 5.97 Å². The van der Waals surface area contributed by atoms with Crippen molar-refractivity contribution in [3.63, 3.8) is 0 Å². The van der Waals surface area contributed by atoms with E-state index in [-0.39, 0.29) is 5.92 Å². The number of aromatic carboxylic acids is 1. The Kier molecular flexibility index (Phi) is 3.20. The van der Waals surface area contributed by atoms with Crippen molar-refractivity contribution in [1.29, 1.82) is 0 Å². The molecule has 5 nitrogen and oxygen atoms in total. The maximum absolute atomic E-state index is 11.5. The minimum absolute atomic E-state index is 0.199. The summed E-state index contributed by atoms with van der Waals surface area (Å²) in [6.07, 6.45) is 6.27. The number of aromatic nitrogens is 3. The molecule has 3 rings (SSSR count). The van der Waals surface area contributed by atoms with Crippen molar-refractivity contribution < 1.29 is 9.90 Å². The predicted molar refractivity (Wildman–Crippen MR) is 76.1 cm³/mol. The number of carbonyl (C=O) groups is 1. The van der Waals surface area contributed by atoms with Crippen LogP contribution in [0, 0.1) is 0 Å². The van der Waals surface area contributed by atoms with Crippen LogP contribution >= 0.6 is 0 Å². The highest BCUT2D eigenvalue weighted by Crippen LogP contribution is 2.32. The van der Waals surface area contributed by atoms with Gasteiger partial charge in [-0.1, -0.05) is 26.7 Å². The van der Waals surface area contributed by atoms with Crippen molar-refractivity contribution in [2.75, 3.05) is 0 Å². The first-order valence-corrected chi connectivity index (χ1v) is 7.19. The molecule has 0 atom stereocenters. The minimum Gasteiger partial charge on any atom is -0.478 e. The van der Waals surface area contributed by atoms with Gasteiger partial charge in [-0.25, -0.2) is 14.5 Å². The van der Waals surface area contributed by atoms with Gasteiger partial charge in [-0.15, -0.1) is 0 Å². The zero-order chi connectivity index (χ0) is 14.3. The number of hydrogen-bond donors (Lipinski definition) is 1. The van der Waals surface area contributed by atoms with E-state index in [9.17, 15) is 9.90 Å². The van der Waals surface area contributed by atoms with Gasteiger partial charge in [0.25, 0.3) is 0 Å². The second kappa shape index (κ2) is 4.89. The van der Waals surface area contributed by atoms with Crippen molar-refractivity contribution in [3.05, 3.63) is 23.5 Å². The molecule has 0 saturated heterocycles. The SMILES string of the molecule is CC(C)c1cc(C(=O)O)c2cnn(C3CCCC3)c2n1. The van der Waals surface area contributed by atoms with E-state index in [1.54, 1.807) is 12.3 Å². The van der Waals surface area contributed by atoms with Gasteiger partial charge in [-0.2, -0.15) is 5.10 Å². The van der Waals surface area contributed by atoms with E-state index in [0.717, 1.165) is 24.2 Å². The van der Waals surface area contributed by atoms with Crippen molar-refractivity contribution in [3.8, 4) is 0 Å². The lowest BCUT2D eigenvalue weighted by Crippen LogP contribution is -2.09. The van der Waals surface area contributed by atoms with Gasteiger partial charge in [-0.3, -0.25) is 0 Å². The first-order chi connectivity index (χ1) is 9.58. The maximum Gasteiger partial charge on any atom is 0.336 e. The van der Waals surface area contributed by atoms with E-state index in [1.807, 2.05) is 18.5 Å². The number of pyridine rings is 1. The summed E-state index contributed by atoms with van der Waals surface area (Å²) in [6.45, 7) is 4.05. The molecule has 2 aromatic heterocycles. The normalized spacial score (nSPS) is 16.4. The quantitative estimate of drug-likeness (QED) is 0.931. The number of hydrogen-bond acceptors (Lipinski definition) is 3. The second-order valence-corrected chi connectivity index (χ2v) is 5.82. The first kappa shape index (κ1) is 13.1. The van der Waals surface area contributed by atoms with Gasteiger partial charge in [0.1, 0.15) is 0 Å². The van der Waals surface area contributed by atoms with Crippen molar-refractivity contribution in [2.24, 2.45) is 0 Å². The van der Waals surface area contributed by atoms with Crippen LogP contribution in [0.15, 0.2) is 12.3 Å². The maximum atomic E-state index is 11.5. The molecule has 2 aromatic rings. The fourth-order valence-corrected chi connectivity index (χ4v) is 2.93. The molecule has 0 bridgehead atoms. The Morgan fingerprint density at radius 1 is 1.40 bits per heavy atom. The lowest BCUT2D eigenvalue weighted by molar-refractivity contribution is 0.0699. The summed E-state index contributed by atoms with van der Waals surface area (Å²) in [5.74, 6) is -0.713. The molecule has 20 heavy (non-hydrogen) atoms. The molecule has 1 saturated carbocycles. The highest BCUT2D eigenvalue weighted by molar-refractivity contribution is 6.01. The third-order valence-corrected chi connectivity index (χ3v) is 4.08. The van der Waals surface area contributed by atoms with Gasteiger partial charge < -0.3 is 5.11 Å². The number of rotatable bonds is 3. The number of nitrogens with zero attached hydrogens (tertiary/aromatic N) is 3. The Morgan fingerprint density at radius 2 is 2.10 bits per heavy atom. The number of carboxylic acids is 1. The van der Waals surface area contributed by atoms with Crippen LogP contribution in [0.25, 0.3) is 11.0 Å². The smallest absolute Gasteiger partial charge is 0.336 e. The monoisotopic (exact) mass is 273 g/mol. The summed E-state index contributed by atoms with van der Waals surface area (Å²) in [4.78, 5) is 16.1. The average molecular weight is 273 g/mol. The molecular weight excluding hydrogens is 254 g/mol. The highest BCUT2D eigenvalue weighted by Gasteiger charge is 2.23. The molecule has 1 aliphatic carbocycles. The Balaban J connectivity index is 2.21. The van der Waals surface area contributed by atoms with E-state index in [4.69, 9.17) is 0 Å². The fraction of sp³-hybridized carbons (Fsp3) is 0.533. The molecule has 106 valence electrons. The van der Waals surface area contributed by atoms with Crippen LogP contribution in [0.3, 0.4) is 0 Å². The summed E-state index contributed by atoms with van der Waals surface area (Å²) in [6, 6.07) is 2.04. The molecule has 5 heteroatoms. The Hall–Kier alpha value is -1.91. The highest BCUT2D eigenvalue weighted by atomic mass is 16.4. The molecule has 2 heterocycles. The Bertz CT molecular complexity index is 654. The van der Waals surface area contributed by atoms with Crippen molar-refractivity contribution in [1.82, 2.24) is 14.8 Å². The van der Waals surface area contributed by atoms with Gasteiger partial charge in [0.2, 0.25) is 0 Å². The van der Waals surface area contributed by atoms with Gasteiger partial charge in [0.15, 0.2) is 5.65 Å². The zero-order valence-corrected chi connectivity index (χ0v) is 11.8. The molecule has 0 spiro atoms. The molecule has 0 radical (unpaired) electrons. The average Bonchev–Trinajstić information content (AvgIpc) is 3.05. The van der Waals surface area contributed by atoms with Crippen LogP contribution in [0.2, 0.25) is 0 Å². The zero-order valence-electron chi connectivity index (χ0n) is 11.8. The van der Waals surface area contributed by atoms with Crippen LogP contribution < -0.4 is 0 Å². The van der Waals surface area contributed by atoms with E-state index >= 15 is 0 Å². The predicted octanol–water partition coefficient (Wildman–Crippen LogP) is 3.37. The fourth-order valence-electron chi connectivity index (χ4n) is 2.93. The summed E-state index contributed by atoms with van der Waals surface area (Å²) < 4.78 is 1.93. The van der Waals surface area contributed by atoms with Crippen LogP contribution in [-0.2, 0) is 0 Å². The van der Waals surface area contributed by atoms with Gasteiger partial charge in [0.05, 0.1) is 23.2 Å². The van der Waals surface area contributed by atoms with Crippen molar-refractivity contribution >= 4 is 17.0 Å². The van der Waals surface area contributed by atoms with Crippen LogP contribution in [-0.4, -0.2) is 25.8 Å². The van der Waals surface area contributed by atoms with Gasteiger partial charge in [0, 0.05) is 5.69 Å². The van der Waals surface area contributed by atoms with Crippen molar-refractivity contribution in [2.45, 2.75) is 51.5 Å². The summed E-state index contributed by atoms with van der Waals surface area (Å²) in [7, 11) is 0. The van der Waals surface area contributed by atoms with Crippen LogP contribution in [0.4, 0.5) is 0 Å². The van der Waals surface area contributed by atoms with Gasteiger partial charge >= 0.3 is 5.97 Å². The largest absolute Gasteiger partial charge is 0.478 e. The third-order valence-electron chi connectivity index (χ3n) is 4.08. The van der Waals surface area contributed by atoms with E-state index in [0.29, 0.717) is 17.0 Å². The standard InChI is InChI=1S/C15H19N3O2/c1-9(2)13-7-11(15(19)20)12-8-16-18(14(12)17-13)10-5-3-4-6-10/h7-10H,3-6H2,1-2H3,(H,19,20). The number of carboxylic acid groups (broad SMARTS) is 1. The van der Waals surface area contributed by atoms with Crippen LogP contribution in [0.5, 0.6) is 0 Å². The lowest BCUT2D eigenvalue weighted by Gasteiger charge is -2.12. The summed E-state index contributed by atoms with van der Waals surface area (Å²) in [5.41, 5.74) is 1.85. The second-order valence-electron chi connectivity index (χ2n) is 5.82. The Morgan fingerprint density at radius 3 is 2.70 bits per heavy atom.